The molecule has 0 saturated heterocycles. The first-order valence-electron chi connectivity index (χ1n) is 6.56. The van der Waals surface area contributed by atoms with Gasteiger partial charge >= 0.3 is 0 Å². The van der Waals surface area contributed by atoms with Crippen LogP contribution in [0.25, 0.3) is 0 Å². The Labute approximate surface area is 147 Å². The Bertz CT molecular complexity index is 717. The van der Waals surface area contributed by atoms with Crippen LogP contribution < -0.4 is 0 Å². The van der Waals surface area contributed by atoms with Crippen molar-refractivity contribution in [1.82, 2.24) is 4.90 Å². The highest BCUT2D eigenvalue weighted by Crippen LogP contribution is 2.26. The van der Waals surface area contributed by atoms with Gasteiger partial charge in [-0.3, -0.25) is 4.79 Å². The summed E-state index contributed by atoms with van der Waals surface area (Å²) in [5, 5.41) is 1.27. The maximum Gasteiger partial charge on any atom is 0.254 e. The van der Waals surface area contributed by atoms with Crippen LogP contribution in [0, 0.1) is 3.57 Å². The van der Waals surface area contributed by atoms with Crippen molar-refractivity contribution < 1.29 is 4.79 Å². The summed E-state index contributed by atoms with van der Waals surface area (Å²) in [7, 11) is 0. The summed E-state index contributed by atoms with van der Waals surface area (Å²) < 4.78 is 1.07. The van der Waals surface area contributed by atoms with Crippen LogP contribution in [0.3, 0.4) is 0 Å². The summed E-state index contributed by atoms with van der Waals surface area (Å²) in [5.74, 6) is 0.0609. The molecule has 1 amide bonds. The van der Waals surface area contributed by atoms with Gasteiger partial charge in [-0.25, -0.2) is 0 Å². The van der Waals surface area contributed by atoms with E-state index >= 15 is 0 Å². The van der Waals surface area contributed by atoms with Crippen molar-refractivity contribution in [2.24, 2.45) is 0 Å². The Kier molecular flexibility index (Phi) is 4.43. The summed E-state index contributed by atoms with van der Waals surface area (Å²) in [6.07, 6.45) is 0.871. The molecule has 2 nitrogen and oxygen atoms in total. The van der Waals surface area contributed by atoms with Crippen LogP contribution in [0.4, 0.5) is 0 Å². The average molecular weight is 432 g/mol. The summed E-state index contributed by atoms with van der Waals surface area (Å²) in [4.78, 5) is 14.4. The topological polar surface area (TPSA) is 20.3 Å². The van der Waals surface area contributed by atoms with Crippen LogP contribution in [-0.2, 0) is 13.0 Å². The molecule has 21 heavy (non-hydrogen) atoms. The minimum Gasteiger partial charge on any atom is -0.334 e. The van der Waals surface area contributed by atoms with Crippen LogP contribution in [-0.4, -0.2) is 17.4 Å². The van der Waals surface area contributed by atoms with E-state index in [1.54, 1.807) is 12.1 Å². The molecule has 0 atom stereocenters. The van der Waals surface area contributed by atoms with Gasteiger partial charge in [0.05, 0.1) is 0 Å². The molecule has 2 aromatic rings. The third-order valence-electron chi connectivity index (χ3n) is 3.61. The van der Waals surface area contributed by atoms with Crippen LogP contribution in [0.2, 0.25) is 10.0 Å². The smallest absolute Gasteiger partial charge is 0.254 e. The zero-order valence-corrected chi connectivity index (χ0v) is 14.7. The molecule has 0 saturated carbocycles. The average Bonchev–Trinajstić information content (AvgIpc) is 2.46. The van der Waals surface area contributed by atoms with Gasteiger partial charge in [0, 0.05) is 32.3 Å². The van der Waals surface area contributed by atoms with E-state index in [0.717, 1.165) is 26.7 Å². The van der Waals surface area contributed by atoms with Gasteiger partial charge in [-0.15, -0.1) is 0 Å². The van der Waals surface area contributed by atoms with Gasteiger partial charge in [0.15, 0.2) is 0 Å². The first-order valence-corrected chi connectivity index (χ1v) is 8.39. The lowest BCUT2D eigenvalue weighted by molar-refractivity contribution is 0.0727. The lowest BCUT2D eigenvalue weighted by Crippen LogP contribution is -2.37. The van der Waals surface area contributed by atoms with Gasteiger partial charge in [-0.2, -0.15) is 0 Å². The van der Waals surface area contributed by atoms with Gasteiger partial charge in [-0.1, -0.05) is 29.3 Å². The zero-order valence-electron chi connectivity index (χ0n) is 11.1. The number of nitrogens with zero attached hydrogens (tertiary/aromatic N) is 1. The van der Waals surface area contributed by atoms with Gasteiger partial charge in [0.1, 0.15) is 0 Å². The molecule has 3 rings (SSSR count). The van der Waals surface area contributed by atoms with E-state index in [9.17, 15) is 4.79 Å². The number of rotatable bonds is 2. The molecule has 2 aromatic carbocycles. The SMILES string of the molecule is O=C1c2cc(I)ccc2CCN1Cc1cc(Cl)ccc1Cl. The third-order valence-corrected chi connectivity index (χ3v) is 4.88. The molecular weight excluding hydrogens is 420 g/mol. The lowest BCUT2D eigenvalue weighted by atomic mass is 9.98. The first kappa shape index (κ1) is 15.1. The number of hydrogen-bond donors (Lipinski definition) is 0. The highest BCUT2D eigenvalue weighted by molar-refractivity contribution is 14.1. The van der Waals surface area contributed by atoms with Gasteiger partial charge in [0.2, 0.25) is 0 Å². The maximum absolute atomic E-state index is 12.6. The molecule has 0 radical (unpaired) electrons. The van der Waals surface area contributed by atoms with Gasteiger partial charge in [0.25, 0.3) is 5.91 Å². The Balaban J connectivity index is 1.88. The van der Waals surface area contributed by atoms with E-state index in [2.05, 4.69) is 22.6 Å². The number of benzene rings is 2. The molecule has 0 fully saturated rings. The van der Waals surface area contributed by atoms with E-state index in [0.29, 0.717) is 23.1 Å². The maximum atomic E-state index is 12.6. The molecule has 1 aliphatic heterocycles. The molecule has 0 bridgehead atoms. The predicted octanol–water partition coefficient (Wildman–Crippen LogP) is 4.80. The second-order valence-corrected chi connectivity index (χ2v) is 7.10. The van der Waals surface area contributed by atoms with E-state index in [-0.39, 0.29) is 5.91 Å². The minimum atomic E-state index is 0.0609. The number of hydrogen-bond acceptors (Lipinski definition) is 1. The summed E-state index contributed by atoms with van der Waals surface area (Å²) in [6.45, 7) is 1.19. The Hall–Kier alpha value is -0.780. The molecule has 0 unspecified atom stereocenters. The van der Waals surface area contributed by atoms with Crippen LogP contribution >= 0.6 is 45.8 Å². The van der Waals surface area contributed by atoms with E-state index in [1.165, 1.54) is 0 Å². The van der Waals surface area contributed by atoms with Crippen molar-refractivity contribution in [2.75, 3.05) is 6.54 Å². The lowest BCUT2D eigenvalue weighted by Gasteiger charge is -2.29. The van der Waals surface area contributed by atoms with Crippen LogP contribution in [0.1, 0.15) is 21.5 Å². The monoisotopic (exact) mass is 431 g/mol. The number of carbonyl (C=O) groups excluding carboxylic acids is 1. The zero-order chi connectivity index (χ0) is 15.0. The summed E-state index contributed by atoms with van der Waals surface area (Å²) >= 11 is 14.4. The molecule has 1 aliphatic rings. The van der Waals surface area contributed by atoms with Crippen LogP contribution in [0.5, 0.6) is 0 Å². The Morgan fingerprint density at radius 1 is 1.14 bits per heavy atom. The molecule has 108 valence electrons. The largest absolute Gasteiger partial charge is 0.334 e. The van der Waals surface area contributed by atoms with E-state index in [4.69, 9.17) is 23.2 Å². The van der Waals surface area contributed by atoms with Crippen molar-refractivity contribution in [2.45, 2.75) is 13.0 Å². The molecule has 1 heterocycles. The van der Waals surface area contributed by atoms with Crippen LogP contribution in [0.15, 0.2) is 36.4 Å². The number of carbonyl (C=O) groups is 1. The fourth-order valence-corrected chi connectivity index (χ4v) is 3.38. The molecule has 5 heteroatoms. The highest BCUT2D eigenvalue weighted by atomic mass is 127. The van der Waals surface area contributed by atoms with Gasteiger partial charge in [-0.05, 0) is 70.5 Å². The second-order valence-electron chi connectivity index (χ2n) is 5.01. The number of amides is 1. The Morgan fingerprint density at radius 3 is 2.76 bits per heavy atom. The van der Waals surface area contributed by atoms with Crippen molar-refractivity contribution >= 4 is 51.7 Å². The van der Waals surface area contributed by atoms with Crippen molar-refractivity contribution in [1.29, 1.82) is 0 Å². The minimum absolute atomic E-state index is 0.0609. The first-order chi connectivity index (χ1) is 10.0. The van der Waals surface area contributed by atoms with Crippen molar-refractivity contribution in [3.8, 4) is 0 Å². The van der Waals surface area contributed by atoms with E-state index < -0.39 is 0 Å². The number of halogens is 3. The molecule has 0 aromatic heterocycles. The fourth-order valence-electron chi connectivity index (χ4n) is 2.51. The fraction of sp³-hybridized carbons (Fsp3) is 0.188. The summed E-state index contributed by atoms with van der Waals surface area (Å²) in [5.41, 5.74) is 2.80. The van der Waals surface area contributed by atoms with Crippen molar-refractivity contribution in [3.63, 3.8) is 0 Å². The highest BCUT2D eigenvalue weighted by Gasteiger charge is 2.25. The molecule has 0 N–H and O–H groups in total. The number of fused-ring (bicyclic) bond motifs is 1. The quantitative estimate of drug-likeness (QED) is 0.625. The normalized spacial score (nSPS) is 14.2. The molecule has 0 aliphatic carbocycles. The Morgan fingerprint density at radius 2 is 1.95 bits per heavy atom. The van der Waals surface area contributed by atoms with Crippen molar-refractivity contribution in [3.05, 3.63) is 66.7 Å². The van der Waals surface area contributed by atoms with Gasteiger partial charge < -0.3 is 4.90 Å². The third kappa shape index (κ3) is 3.20. The second kappa shape index (κ2) is 6.15. The predicted molar refractivity (Wildman–Crippen MR) is 94.1 cm³/mol. The summed E-state index contributed by atoms with van der Waals surface area (Å²) in [6, 6.07) is 11.4. The van der Waals surface area contributed by atoms with E-state index in [1.807, 2.05) is 29.2 Å². The molecule has 0 spiro atoms. The molecular formula is C16H12Cl2INO. The standard InChI is InChI=1S/C16H12Cl2INO/c17-12-2-4-15(18)11(7-12)9-20-6-5-10-1-3-13(19)8-14(10)16(20)21/h1-4,7-8H,5-6,9H2.